The van der Waals surface area contributed by atoms with E-state index in [0.29, 0.717) is 13.0 Å². The van der Waals surface area contributed by atoms with Crippen LogP contribution in [0.1, 0.15) is 32.8 Å². The van der Waals surface area contributed by atoms with E-state index in [4.69, 9.17) is 0 Å². The lowest BCUT2D eigenvalue weighted by molar-refractivity contribution is -0.138. The Morgan fingerprint density at radius 1 is 1.38 bits per heavy atom. The third-order valence-corrected chi connectivity index (χ3v) is 3.80. The zero-order valence-corrected chi connectivity index (χ0v) is 12.7. The Bertz CT molecular complexity index is 542. The molecule has 0 aliphatic carbocycles. The number of anilines is 1. The average molecular weight is 290 g/mol. The van der Waals surface area contributed by atoms with E-state index in [2.05, 4.69) is 0 Å². The summed E-state index contributed by atoms with van der Waals surface area (Å²) in [4.78, 5) is 27.5. The molecule has 5 heteroatoms. The Kier molecular flexibility index (Phi) is 4.50. The highest BCUT2D eigenvalue weighted by atomic mass is 16.4. The number of para-hydroxylation sites is 1. The largest absolute Gasteiger partial charge is 0.480 e. The molecule has 1 unspecified atom stereocenters. The summed E-state index contributed by atoms with van der Waals surface area (Å²) in [5.41, 5.74) is 1.63. The molecule has 5 nitrogen and oxygen atoms in total. The van der Waals surface area contributed by atoms with Crippen LogP contribution in [0.2, 0.25) is 0 Å². The Labute approximate surface area is 125 Å². The Hall–Kier alpha value is -2.04. The van der Waals surface area contributed by atoms with Crippen molar-refractivity contribution in [3.8, 4) is 0 Å². The maximum Gasteiger partial charge on any atom is 0.327 e. The summed E-state index contributed by atoms with van der Waals surface area (Å²) >= 11 is 0. The SMILES string of the molecule is CCCN(C(=O)N1c2ccccc2CC1C(=O)O)C(C)C. The van der Waals surface area contributed by atoms with Gasteiger partial charge in [-0.1, -0.05) is 25.1 Å². The minimum Gasteiger partial charge on any atom is -0.480 e. The number of urea groups is 1. The summed E-state index contributed by atoms with van der Waals surface area (Å²) < 4.78 is 0. The molecule has 0 saturated heterocycles. The van der Waals surface area contributed by atoms with E-state index in [-0.39, 0.29) is 12.1 Å². The number of carbonyl (C=O) groups is 2. The van der Waals surface area contributed by atoms with Gasteiger partial charge in [0.1, 0.15) is 6.04 Å². The van der Waals surface area contributed by atoms with E-state index in [0.717, 1.165) is 17.7 Å². The van der Waals surface area contributed by atoms with Crippen LogP contribution in [0.15, 0.2) is 24.3 Å². The van der Waals surface area contributed by atoms with Crippen LogP contribution in [0.4, 0.5) is 10.5 Å². The Morgan fingerprint density at radius 2 is 2.05 bits per heavy atom. The quantitative estimate of drug-likeness (QED) is 0.927. The van der Waals surface area contributed by atoms with Crippen LogP contribution in [0, 0.1) is 0 Å². The van der Waals surface area contributed by atoms with E-state index >= 15 is 0 Å². The monoisotopic (exact) mass is 290 g/mol. The van der Waals surface area contributed by atoms with E-state index in [9.17, 15) is 14.7 Å². The Morgan fingerprint density at radius 3 is 2.62 bits per heavy atom. The molecule has 0 saturated carbocycles. The maximum absolute atomic E-state index is 12.8. The standard InChI is InChI=1S/C16H22N2O3/c1-4-9-17(11(2)3)16(21)18-13-8-6-5-7-12(13)10-14(18)15(19)20/h5-8,11,14H,4,9-10H2,1-3H3,(H,19,20). The van der Waals surface area contributed by atoms with Gasteiger partial charge in [0.15, 0.2) is 0 Å². The molecule has 1 aliphatic rings. The van der Waals surface area contributed by atoms with Crippen molar-refractivity contribution in [2.75, 3.05) is 11.4 Å². The van der Waals surface area contributed by atoms with Crippen molar-refractivity contribution >= 4 is 17.7 Å². The number of hydrogen-bond acceptors (Lipinski definition) is 2. The molecule has 114 valence electrons. The smallest absolute Gasteiger partial charge is 0.327 e. The summed E-state index contributed by atoms with van der Waals surface area (Å²) in [5.74, 6) is -0.959. The van der Waals surface area contributed by atoms with Gasteiger partial charge in [0, 0.05) is 24.7 Å². The molecule has 0 spiro atoms. The summed E-state index contributed by atoms with van der Waals surface area (Å²) in [6.45, 7) is 6.54. The molecule has 0 fully saturated rings. The Balaban J connectivity index is 2.38. The number of carboxylic acids is 1. The van der Waals surface area contributed by atoms with Gasteiger partial charge in [0.25, 0.3) is 0 Å². The van der Waals surface area contributed by atoms with Gasteiger partial charge >= 0.3 is 12.0 Å². The number of hydrogen-bond donors (Lipinski definition) is 1. The molecule has 1 atom stereocenters. The van der Waals surface area contributed by atoms with Crippen LogP contribution in [-0.2, 0) is 11.2 Å². The number of fused-ring (bicyclic) bond motifs is 1. The lowest BCUT2D eigenvalue weighted by Gasteiger charge is -2.33. The average Bonchev–Trinajstić information content (AvgIpc) is 2.83. The third-order valence-electron chi connectivity index (χ3n) is 3.80. The van der Waals surface area contributed by atoms with Crippen LogP contribution in [0.5, 0.6) is 0 Å². The van der Waals surface area contributed by atoms with Crippen LogP contribution >= 0.6 is 0 Å². The topological polar surface area (TPSA) is 60.9 Å². The maximum atomic E-state index is 12.8. The van der Waals surface area contributed by atoms with Crippen LogP contribution in [0.3, 0.4) is 0 Å². The van der Waals surface area contributed by atoms with Crippen LogP contribution < -0.4 is 4.90 Å². The molecule has 2 amide bonds. The molecule has 1 aliphatic heterocycles. The lowest BCUT2D eigenvalue weighted by atomic mass is 10.1. The molecular formula is C16H22N2O3. The second-order valence-corrected chi connectivity index (χ2v) is 5.63. The van der Waals surface area contributed by atoms with Gasteiger partial charge in [-0.2, -0.15) is 0 Å². The van der Waals surface area contributed by atoms with Crippen molar-refractivity contribution in [3.63, 3.8) is 0 Å². The van der Waals surface area contributed by atoms with Gasteiger partial charge in [-0.15, -0.1) is 0 Å². The minimum absolute atomic E-state index is 0.0413. The molecule has 1 aromatic carbocycles. The summed E-state index contributed by atoms with van der Waals surface area (Å²) in [6.07, 6.45) is 1.21. The van der Waals surface area contributed by atoms with Crippen molar-refractivity contribution in [3.05, 3.63) is 29.8 Å². The summed E-state index contributed by atoms with van der Waals surface area (Å²) in [5, 5.41) is 9.44. The summed E-state index contributed by atoms with van der Waals surface area (Å²) in [7, 11) is 0. The van der Waals surface area contributed by atoms with Crippen molar-refractivity contribution in [2.24, 2.45) is 0 Å². The van der Waals surface area contributed by atoms with Gasteiger partial charge in [0.2, 0.25) is 0 Å². The van der Waals surface area contributed by atoms with Crippen molar-refractivity contribution in [1.29, 1.82) is 0 Å². The normalized spacial score (nSPS) is 17.0. The minimum atomic E-state index is -0.959. The number of benzene rings is 1. The molecule has 1 N–H and O–H groups in total. The second kappa shape index (κ2) is 6.16. The molecular weight excluding hydrogens is 268 g/mol. The van der Waals surface area contributed by atoms with Crippen LogP contribution in [0.25, 0.3) is 0 Å². The van der Waals surface area contributed by atoms with Gasteiger partial charge in [-0.25, -0.2) is 9.59 Å². The fourth-order valence-corrected chi connectivity index (χ4v) is 2.77. The number of amides is 2. The van der Waals surface area contributed by atoms with Crippen molar-refractivity contribution in [1.82, 2.24) is 4.90 Å². The van der Waals surface area contributed by atoms with E-state index in [1.807, 2.05) is 45.0 Å². The van der Waals surface area contributed by atoms with Crippen molar-refractivity contribution < 1.29 is 14.7 Å². The molecule has 1 aromatic rings. The number of carboxylic acid groups (broad SMARTS) is 1. The lowest BCUT2D eigenvalue weighted by Crippen LogP contribution is -2.52. The number of rotatable bonds is 4. The highest BCUT2D eigenvalue weighted by molar-refractivity contribution is 6.01. The first-order valence-corrected chi connectivity index (χ1v) is 7.37. The van der Waals surface area contributed by atoms with Crippen LogP contribution in [-0.4, -0.2) is 40.6 Å². The molecule has 21 heavy (non-hydrogen) atoms. The molecule has 2 rings (SSSR count). The summed E-state index contributed by atoms with van der Waals surface area (Å²) in [6, 6.07) is 6.43. The van der Waals surface area contributed by atoms with E-state index in [1.165, 1.54) is 4.90 Å². The highest BCUT2D eigenvalue weighted by Gasteiger charge is 2.40. The number of carbonyl (C=O) groups excluding carboxylic acids is 1. The second-order valence-electron chi connectivity index (χ2n) is 5.63. The van der Waals surface area contributed by atoms with E-state index < -0.39 is 12.0 Å². The van der Waals surface area contributed by atoms with Gasteiger partial charge < -0.3 is 10.0 Å². The fourth-order valence-electron chi connectivity index (χ4n) is 2.77. The van der Waals surface area contributed by atoms with Gasteiger partial charge in [-0.3, -0.25) is 4.90 Å². The predicted molar refractivity (Wildman–Crippen MR) is 81.6 cm³/mol. The molecule has 0 bridgehead atoms. The first-order valence-electron chi connectivity index (χ1n) is 7.37. The zero-order valence-electron chi connectivity index (χ0n) is 12.7. The number of aliphatic carboxylic acids is 1. The first-order chi connectivity index (χ1) is 9.97. The zero-order chi connectivity index (χ0) is 15.6. The highest BCUT2D eigenvalue weighted by Crippen LogP contribution is 2.33. The predicted octanol–water partition coefficient (Wildman–Crippen LogP) is 2.74. The first kappa shape index (κ1) is 15.4. The van der Waals surface area contributed by atoms with Crippen molar-refractivity contribution in [2.45, 2.75) is 45.7 Å². The van der Waals surface area contributed by atoms with E-state index in [1.54, 1.807) is 4.90 Å². The van der Waals surface area contributed by atoms with Gasteiger partial charge in [0.05, 0.1) is 0 Å². The van der Waals surface area contributed by atoms with Gasteiger partial charge in [-0.05, 0) is 31.9 Å². The third kappa shape index (κ3) is 2.86. The number of nitrogens with zero attached hydrogens (tertiary/aromatic N) is 2. The molecule has 1 heterocycles. The molecule has 0 aromatic heterocycles. The fraction of sp³-hybridized carbons (Fsp3) is 0.500. The molecule has 0 radical (unpaired) electrons.